The minimum Gasteiger partial charge on any atom is -0.478 e. The molecule has 1 fully saturated rings. The van der Waals surface area contributed by atoms with Crippen LogP contribution in [0.25, 0.3) is 0 Å². The van der Waals surface area contributed by atoms with E-state index in [-0.39, 0.29) is 0 Å². The number of nitrogens with one attached hydrogen (secondary N) is 1. The van der Waals surface area contributed by atoms with Crippen LogP contribution in [0.15, 0.2) is 6.07 Å². The molecule has 1 aromatic rings. The zero-order valence-corrected chi connectivity index (χ0v) is 10.4. The average molecular weight is 234 g/mol. The van der Waals surface area contributed by atoms with Crippen molar-refractivity contribution in [2.24, 2.45) is 5.92 Å². The molecule has 17 heavy (non-hydrogen) atoms. The van der Waals surface area contributed by atoms with Crippen LogP contribution in [-0.2, 0) is 0 Å². The van der Waals surface area contributed by atoms with Gasteiger partial charge in [0, 0.05) is 11.7 Å². The second kappa shape index (κ2) is 4.35. The molecule has 0 amide bonds. The molecule has 92 valence electrons. The van der Waals surface area contributed by atoms with Crippen molar-refractivity contribution in [3.8, 4) is 0 Å². The molecule has 4 heteroatoms. The van der Waals surface area contributed by atoms with Crippen molar-refractivity contribution < 1.29 is 9.90 Å². The Morgan fingerprint density at radius 2 is 2.29 bits per heavy atom. The molecular weight excluding hydrogens is 216 g/mol. The van der Waals surface area contributed by atoms with Crippen LogP contribution in [0.2, 0.25) is 0 Å². The molecule has 0 aliphatic heterocycles. The van der Waals surface area contributed by atoms with Crippen LogP contribution in [0, 0.1) is 19.8 Å². The fourth-order valence-electron chi connectivity index (χ4n) is 2.26. The number of carboxylic acids is 1. The molecule has 1 saturated carbocycles. The Balaban J connectivity index is 2.28. The maximum atomic E-state index is 11.2. The summed E-state index contributed by atoms with van der Waals surface area (Å²) in [5.74, 6) is 0.279. The molecule has 0 radical (unpaired) electrons. The number of aryl methyl sites for hydroxylation is 2. The maximum Gasteiger partial charge on any atom is 0.339 e. The summed E-state index contributed by atoms with van der Waals surface area (Å²) in [5, 5.41) is 12.5. The second-order valence-corrected chi connectivity index (χ2v) is 4.76. The van der Waals surface area contributed by atoms with Crippen LogP contribution in [0.5, 0.6) is 0 Å². The summed E-state index contributed by atoms with van der Waals surface area (Å²) in [4.78, 5) is 15.5. The highest BCUT2D eigenvalue weighted by molar-refractivity contribution is 5.94. The van der Waals surface area contributed by atoms with Gasteiger partial charge in [-0.2, -0.15) is 0 Å². The van der Waals surface area contributed by atoms with Crippen molar-refractivity contribution in [1.82, 2.24) is 4.98 Å². The second-order valence-electron chi connectivity index (χ2n) is 4.76. The van der Waals surface area contributed by atoms with Crippen LogP contribution in [-0.4, -0.2) is 22.1 Å². The fraction of sp³-hybridized carbons (Fsp3) is 0.538. The van der Waals surface area contributed by atoms with E-state index in [1.165, 1.54) is 0 Å². The van der Waals surface area contributed by atoms with Gasteiger partial charge in [0.1, 0.15) is 11.4 Å². The molecule has 4 nitrogen and oxygen atoms in total. The normalized spacial score (nSPS) is 22.3. The minimum atomic E-state index is -0.911. The third-order valence-electron chi connectivity index (χ3n) is 3.33. The molecule has 1 heterocycles. The van der Waals surface area contributed by atoms with Gasteiger partial charge in [0.05, 0.1) is 0 Å². The van der Waals surface area contributed by atoms with Crippen molar-refractivity contribution in [2.45, 2.75) is 39.7 Å². The number of aromatic carboxylic acids is 1. The van der Waals surface area contributed by atoms with E-state index in [1.54, 1.807) is 6.07 Å². The average Bonchev–Trinajstić information content (AvgIpc) is 2.94. The van der Waals surface area contributed by atoms with E-state index < -0.39 is 5.97 Å². The Morgan fingerprint density at radius 1 is 1.59 bits per heavy atom. The van der Waals surface area contributed by atoms with E-state index in [4.69, 9.17) is 0 Å². The highest BCUT2D eigenvalue weighted by atomic mass is 16.4. The summed E-state index contributed by atoms with van der Waals surface area (Å²) in [7, 11) is 0. The monoisotopic (exact) mass is 234 g/mol. The number of aromatic nitrogens is 1. The third-order valence-corrected chi connectivity index (χ3v) is 3.33. The Morgan fingerprint density at radius 3 is 2.82 bits per heavy atom. The van der Waals surface area contributed by atoms with Crippen molar-refractivity contribution in [3.63, 3.8) is 0 Å². The van der Waals surface area contributed by atoms with Crippen LogP contribution in [0.3, 0.4) is 0 Å². The predicted molar refractivity (Wildman–Crippen MR) is 66.5 cm³/mol. The van der Waals surface area contributed by atoms with Gasteiger partial charge in [-0.25, -0.2) is 9.78 Å². The lowest BCUT2D eigenvalue weighted by molar-refractivity contribution is 0.0697. The lowest BCUT2D eigenvalue weighted by atomic mass is 10.1. The molecule has 0 saturated heterocycles. The number of rotatable bonds is 4. The van der Waals surface area contributed by atoms with E-state index >= 15 is 0 Å². The summed E-state index contributed by atoms with van der Waals surface area (Å²) in [6.45, 7) is 5.85. The highest BCUT2D eigenvalue weighted by Gasteiger charge is 2.36. The first kappa shape index (κ1) is 11.9. The number of nitrogens with zero attached hydrogens (tertiary/aromatic N) is 1. The lowest BCUT2D eigenvalue weighted by Crippen LogP contribution is -2.13. The summed E-state index contributed by atoms with van der Waals surface area (Å²) < 4.78 is 0. The Hall–Kier alpha value is -1.58. The van der Waals surface area contributed by atoms with E-state index in [0.717, 1.165) is 24.1 Å². The van der Waals surface area contributed by atoms with Gasteiger partial charge in [0.15, 0.2) is 0 Å². The number of pyridine rings is 1. The maximum absolute atomic E-state index is 11.2. The van der Waals surface area contributed by atoms with Crippen LogP contribution >= 0.6 is 0 Å². The van der Waals surface area contributed by atoms with Gasteiger partial charge < -0.3 is 10.4 Å². The zero-order valence-electron chi connectivity index (χ0n) is 10.4. The smallest absolute Gasteiger partial charge is 0.339 e. The van der Waals surface area contributed by atoms with Gasteiger partial charge >= 0.3 is 5.97 Å². The summed E-state index contributed by atoms with van der Waals surface area (Å²) in [6, 6.07) is 2.20. The van der Waals surface area contributed by atoms with Crippen LogP contribution < -0.4 is 5.32 Å². The van der Waals surface area contributed by atoms with E-state index in [0.29, 0.717) is 23.3 Å². The van der Waals surface area contributed by atoms with E-state index in [1.807, 2.05) is 13.8 Å². The van der Waals surface area contributed by atoms with Gasteiger partial charge in [0.2, 0.25) is 0 Å². The van der Waals surface area contributed by atoms with E-state index in [2.05, 4.69) is 17.2 Å². The fourth-order valence-corrected chi connectivity index (χ4v) is 2.26. The quantitative estimate of drug-likeness (QED) is 0.840. The first-order chi connectivity index (χ1) is 8.02. The minimum absolute atomic E-state index is 0.303. The van der Waals surface area contributed by atoms with Gasteiger partial charge in [-0.1, -0.05) is 13.3 Å². The SMILES string of the molecule is CCC1CC1Nc1nc(C)cc(C)c1C(=O)O. The summed E-state index contributed by atoms with van der Waals surface area (Å²) in [6.07, 6.45) is 2.25. The molecule has 0 spiro atoms. The number of carbonyl (C=O) groups is 1. The first-order valence-corrected chi connectivity index (χ1v) is 6.01. The number of carboxylic acid groups (broad SMARTS) is 1. The van der Waals surface area contributed by atoms with Gasteiger partial charge in [-0.3, -0.25) is 0 Å². The standard InChI is InChI=1S/C13H18N2O2/c1-4-9-6-10(9)15-12-11(13(16)17)7(2)5-8(3)14-12/h5,9-10H,4,6H2,1-3H3,(H,14,15)(H,16,17). The third kappa shape index (κ3) is 2.40. The molecule has 2 atom stereocenters. The molecule has 0 aromatic carbocycles. The van der Waals surface area contributed by atoms with Crippen molar-refractivity contribution in [3.05, 3.63) is 22.9 Å². The van der Waals surface area contributed by atoms with E-state index in [9.17, 15) is 9.90 Å². The Labute approximate surface area is 101 Å². The highest BCUT2D eigenvalue weighted by Crippen LogP contribution is 2.36. The topological polar surface area (TPSA) is 62.2 Å². The molecule has 2 unspecified atom stereocenters. The van der Waals surface area contributed by atoms with Crippen molar-refractivity contribution >= 4 is 11.8 Å². The van der Waals surface area contributed by atoms with Gasteiger partial charge in [-0.15, -0.1) is 0 Å². The lowest BCUT2D eigenvalue weighted by Gasteiger charge is -2.11. The molecular formula is C13H18N2O2. The molecule has 1 aliphatic carbocycles. The Kier molecular flexibility index (Phi) is 3.05. The summed E-state index contributed by atoms with van der Waals surface area (Å²) >= 11 is 0. The number of hydrogen-bond acceptors (Lipinski definition) is 3. The van der Waals surface area contributed by atoms with Gasteiger partial charge in [0.25, 0.3) is 0 Å². The predicted octanol–water partition coefficient (Wildman–Crippen LogP) is 2.61. The molecule has 2 N–H and O–H groups in total. The van der Waals surface area contributed by atoms with Crippen LogP contribution in [0.1, 0.15) is 41.4 Å². The summed E-state index contributed by atoms with van der Waals surface area (Å²) in [5.41, 5.74) is 1.92. The first-order valence-electron chi connectivity index (χ1n) is 6.01. The van der Waals surface area contributed by atoms with Crippen molar-refractivity contribution in [2.75, 3.05) is 5.32 Å². The van der Waals surface area contributed by atoms with Gasteiger partial charge in [-0.05, 0) is 37.8 Å². The number of hydrogen-bond donors (Lipinski definition) is 2. The molecule has 0 bridgehead atoms. The largest absolute Gasteiger partial charge is 0.478 e. The number of anilines is 1. The van der Waals surface area contributed by atoms with Crippen molar-refractivity contribution in [1.29, 1.82) is 0 Å². The zero-order chi connectivity index (χ0) is 12.6. The Bertz CT molecular complexity index is 457. The molecule has 1 aliphatic rings. The van der Waals surface area contributed by atoms with Crippen LogP contribution in [0.4, 0.5) is 5.82 Å². The molecule has 2 rings (SSSR count). The molecule has 1 aromatic heterocycles.